The van der Waals surface area contributed by atoms with Crippen LogP contribution in [-0.2, 0) is 0 Å². The number of nitrogens with one attached hydrogen (secondary N) is 1. The van der Waals surface area contributed by atoms with E-state index in [-0.39, 0.29) is 12.1 Å². The number of hydrogen-bond acceptors (Lipinski definition) is 2. The molecule has 18 heavy (non-hydrogen) atoms. The molecule has 0 radical (unpaired) electrons. The smallest absolute Gasteiger partial charge is 0.121 e. The Balaban J connectivity index is 2.60. The molecule has 2 atom stereocenters. The lowest BCUT2D eigenvalue weighted by Crippen LogP contribution is -2.41. The average molecular weight is 266 g/mol. The summed E-state index contributed by atoms with van der Waals surface area (Å²) in [5.41, 5.74) is 0. The lowest BCUT2D eigenvalue weighted by Gasteiger charge is -2.25. The maximum absolute atomic E-state index is 5.93. The van der Waals surface area contributed by atoms with E-state index in [2.05, 4.69) is 18.2 Å². The molecule has 0 aliphatic heterocycles. The van der Waals surface area contributed by atoms with Crippen LogP contribution >= 0.6 is 11.6 Å². The van der Waals surface area contributed by atoms with Crippen LogP contribution in [0.4, 0.5) is 0 Å². The summed E-state index contributed by atoms with van der Waals surface area (Å²) in [6.45, 7) is 5.03. The number of hydrogen-bond donors (Lipinski definition) is 1. The Kier molecular flexibility index (Phi) is 6.64. The van der Waals surface area contributed by atoms with Gasteiger partial charge in [0.1, 0.15) is 11.9 Å². The quantitative estimate of drug-likeness (QED) is 0.762. The van der Waals surface area contributed by atoms with E-state index in [0.29, 0.717) is 5.02 Å². The van der Waals surface area contributed by atoms with Crippen molar-refractivity contribution in [2.75, 3.05) is 6.54 Å². The molecule has 0 amide bonds. The Labute approximate surface area is 115 Å². The second kappa shape index (κ2) is 8.02. The van der Waals surface area contributed by atoms with Gasteiger partial charge in [0.25, 0.3) is 0 Å². The molecule has 0 aliphatic carbocycles. The van der Waals surface area contributed by atoms with Gasteiger partial charge >= 0.3 is 0 Å². The van der Waals surface area contributed by atoms with Gasteiger partial charge in [-0.25, -0.2) is 0 Å². The molecule has 0 bridgehead atoms. The first-order valence-electron chi connectivity index (χ1n) is 6.26. The minimum absolute atomic E-state index is 0.0526. The first kappa shape index (κ1) is 14.9. The standard InChI is InChI=1S/C15H20ClNO/c1-4-6-10-15(17-5-2)12(3)18-14-9-7-8-13(16)11-14/h1,7-9,11-12,15,17H,5-6,10H2,2-3H3. The first-order chi connectivity index (χ1) is 8.67. The van der Waals surface area contributed by atoms with Crippen molar-refractivity contribution in [3.8, 4) is 18.1 Å². The Bertz CT molecular complexity index is 400. The summed E-state index contributed by atoms with van der Waals surface area (Å²) in [5.74, 6) is 3.46. The maximum Gasteiger partial charge on any atom is 0.121 e. The van der Waals surface area contributed by atoms with Gasteiger partial charge < -0.3 is 10.1 Å². The molecule has 2 unspecified atom stereocenters. The van der Waals surface area contributed by atoms with Crippen molar-refractivity contribution in [1.82, 2.24) is 5.32 Å². The molecule has 0 heterocycles. The molecule has 0 aliphatic rings. The third kappa shape index (κ3) is 5.00. The zero-order chi connectivity index (χ0) is 13.4. The number of terminal acetylenes is 1. The molecule has 1 aromatic rings. The van der Waals surface area contributed by atoms with Crippen LogP contribution in [0.15, 0.2) is 24.3 Å². The molecular formula is C15H20ClNO. The number of likely N-dealkylation sites (N-methyl/N-ethyl adjacent to an activating group) is 1. The number of benzene rings is 1. The van der Waals surface area contributed by atoms with Crippen molar-refractivity contribution in [2.24, 2.45) is 0 Å². The molecule has 0 saturated heterocycles. The lowest BCUT2D eigenvalue weighted by molar-refractivity contribution is 0.166. The molecule has 1 rings (SSSR count). The van der Waals surface area contributed by atoms with Gasteiger partial charge in [0.15, 0.2) is 0 Å². The topological polar surface area (TPSA) is 21.3 Å². The van der Waals surface area contributed by atoms with Gasteiger partial charge in [-0.3, -0.25) is 0 Å². The van der Waals surface area contributed by atoms with Crippen LogP contribution in [0.25, 0.3) is 0 Å². The van der Waals surface area contributed by atoms with Gasteiger partial charge in [-0.1, -0.05) is 24.6 Å². The fourth-order valence-electron chi connectivity index (χ4n) is 1.84. The van der Waals surface area contributed by atoms with Gasteiger partial charge in [0.2, 0.25) is 0 Å². The van der Waals surface area contributed by atoms with Gasteiger partial charge in [0, 0.05) is 17.5 Å². The van der Waals surface area contributed by atoms with Crippen LogP contribution in [0.1, 0.15) is 26.7 Å². The lowest BCUT2D eigenvalue weighted by atomic mass is 10.1. The normalized spacial score (nSPS) is 13.7. The van der Waals surface area contributed by atoms with Crippen molar-refractivity contribution in [3.63, 3.8) is 0 Å². The summed E-state index contributed by atoms with van der Waals surface area (Å²) in [4.78, 5) is 0. The SMILES string of the molecule is C#CCCC(NCC)C(C)Oc1cccc(Cl)c1. The van der Waals surface area contributed by atoms with E-state index in [4.69, 9.17) is 22.8 Å². The van der Waals surface area contributed by atoms with Crippen molar-refractivity contribution in [1.29, 1.82) is 0 Å². The maximum atomic E-state index is 5.93. The van der Waals surface area contributed by atoms with E-state index in [0.717, 1.165) is 25.1 Å². The molecule has 98 valence electrons. The second-order valence-electron chi connectivity index (χ2n) is 4.19. The van der Waals surface area contributed by atoms with Crippen molar-refractivity contribution >= 4 is 11.6 Å². The predicted octanol–water partition coefficient (Wildman–Crippen LogP) is 3.50. The average Bonchev–Trinajstić information content (AvgIpc) is 2.34. The Morgan fingerprint density at radius 2 is 2.28 bits per heavy atom. The van der Waals surface area contributed by atoms with Crippen LogP contribution in [0.5, 0.6) is 5.75 Å². The van der Waals surface area contributed by atoms with Crippen LogP contribution < -0.4 is 10.1 Å². The molecule has 0 fully saturated rings. The highest BCUT2D eigenvalue weighted by Gasteiger charge is 2.17. The zero-order valence-electron chi connectivity index (χ0n) is 10.9. The third-order valence-corrected chi connectivity index (χ3v) is 2.99. The van der Waals surface area contributed by atoms with Gasteiger partial charge in [-0.15, -0.1) is 12.3 Å². The van der Waals surface area contributed by atoms with Crippen LogP contribution in [0.3, 0.4) is 0 Å². The molecule has 1 N–H and O–H groups in total. The second-order valence-corrected chi connectivity index (χ2v) is 4.62. The summed E-state index contributed by atoms with van der Waals surface area (Å²) in [6.07, 6.45) is 7.02. The van der Waals surface area contributed by atoms with E-state index in [1.54, 1.807) is 0 Å². The van der Waals surface area contributed by atoms with E-state index >= 15 is 0 Å². The summed E-state index contributed by atoms with van der Waals surface area (Å²) in [5, 5.41) is 4.08. The molecule has 0 spiro atoms. The number of halogens is 1. The minimum Gasteiger partial charge on any atom is -0.489 e. The number of rotatable bonds is 7. The van der Waals surface area contributed by atoms with Gasteiger partial charge in [0.05, 0.1) is 0 Å². The molecule has 2 nitrogen and oxygen atoms in total. The molecule has 3 heteroatoms. The van der Waals surface area contributed by atoms with E-state index in [9.17, 15) is 0 Å². The van der Waals surface area contributed by atoms with Crippen LogP contribution in [-0.4, -0.2) is 18.7 Å². The summed E-state index contributed by atoms with van der Waals surface area (Å²) < 4.78 is 5.89. The zero-order valence-corrected chi connectivity index (χ0v) is 11.7. The van der Waals surface area contributed by atoms with Gasteiger partial charge in [-0.05, 0) is 38.1 Å². The monoisotopic (exact) mass is 265 g/mol. The van der Waals surface area contributed by atoms with E-state index < -0.39 is 0 Å². The van der Waals surface area contributed by atoms with Crippen LogP contribution in [0, 0.1) is 12.3 Å². The minimum atomic E-state index is 0.0526. The van der Waals surface area contributed by atoms with Crippen molar-refractivity contribution in [2.45, 2.75) is 38.8 Å². The van der Waals surface area contributed by atoms with E-state index in [1.165, 1.54) is 0 Å². The predicted molar refractivity (Wildman–Crippen MR) is 77.1 cm³/mol. The van der Waals surface area contributed by atoms with Crippen molar-refractivity contribution < 1.29 is 4.74 Å². The highest BCUT2D eigenvalue weighted by Crippen LogP contribution is 2.19. The fourth-order valence-corrected chi connectivity index (χ4v) is 2.02. The Morgan fingerprint density at radius 3 is 2.89 bits per heavy atom. The molecule has 1 aromatic carbocycles. The van der Waals surface area contributed by atoms with Crippen LogP contribution in [0.2, 0.25) is 5.02 Å². The Morgan fingerprint density at radius 1 is 1.50 bits per heavy atom. The van der Waals surface area contributed by atoms with E-state index in [1.807, 2.05) is 31.2 Å². The summed E-state index contributed by atoms with van der Waals surface area (Å²) in [6, 6.07) is 7.70. The highest BCUT2D eigenvalue weighted by atomic mass is 35.5. The van der Waals surface area contributed by atoms with Crippen molar-refractivity contribution in [3.05, 3.63) is 29.3 Å². The third-order valence-electron chi connectivity index (χ3n) is 2.75. The first-order valence-corrected chi connectivity index (χ1v) is 6.64. The number of ether oxygens (including phenoxy) is 1. The summed E-state index contributed by atoms with van der Waals surface area (Å²) >= 11 is 5.93. The highest BCUT2D eigenvalue weighted by molar-refractivity contribution is 6.30. The molecule has 0 aromatic heterocycles. The largest absolute Gasteiger partial charge is 0.489 e. The molecular weight excluding hydrogens is 246 g/mol. The Hall–Kier alpha value is -1.17. The fraction of sp³-hybridized carbons (Fsp3) is 0.467. The molecule has 0 saturated carbocycles. The summed E-state index contributed by atoms with van der Waals surface area (Å²) in [7, 11) is 0. The van der Waals surface area contributed by atoms with Gasteiger partial charge in [-0.2, -0.15) is 0 Å².